The number of fused-ring (bicyclic) bond motifs is 6. The molecule has 30 heavy (non-hydrogen) atoms. The summed E-state index contributed by atoms with van der Waals surface area (Å²) in [5.74, 6) is 1.87. The van der Waals surface area contributed by atoms with Crippen LogP contribution in [0, 0.1) is 0 Å². The summed E-state index contributed by atoms with van der Waals surface area (Å²) >= 11 is 0. The lowest BCUT2D eigenvalue weighted by Crippen LogP contribution is -2.22. The Hall–Kier alpha value is -2.96. The number of benzene rings is 2. The predicted octanol–water partition coefficient (Wildman–Crippen LogP) is 3.64. The topological polar surface area (TPSA) is 74.1 Å². The molecule has 6 heteroatoms. The second-order valence-corrected chi connectivity index (χ2v) is 7.84. The van der Waals surface area contributed by atoms with Gasteiger partial charge in [-0.3, -0.25) is 0 Å². The van der Waals surface area contributed by atoms with Crippen molar-refractivity contribution in [3.05, 3.63) is 58.9 Å². The van der Waals surface area contributed by atoms with E-state index in [0.717, 1.165) is 50.5 Å². The van der Waals surface area contributed by atoms with Crippen molar-refractivity contribution in [3.63, 3.8) is 0 Å². The van der Waals surface area contributed by atoms with E-state index in [-0.39, 0.29) is 0 Å². The minimum atomic E-state index is 0.933. The lowest BCUT2D eigenvalue weighted by molar-refractivity contribution is 0.415. The Morgan fingerprint density at radius 3 is 1.57 bits per heavy atom. The summed E-state index contributed by atoms with van der Waals surface area (Å²) in [7, 11) is 3.42. The molecule has 0 saturated heterocycles. The van der Waals surface area contributed by atoms with Gasteiger partial charge in [0.25, 0.3) is 0 Å². The third kappa shape index (κ3) is 3.42. The Morgan fingerprint density at radius 2 is 1.13 bits per heavy atom. The van der Waals surface area contributed by atoms with Crippen molar-refractivity contribution in [3.8, 4) is 11.5 Å². The molecule has 6 rings (SSSR count). The molecule has 4 aromatic rings. The molecule has 4 N–H and O–H groups in total. The second-order valence-electron chi connectivity index (χ2n) is 7.84. The fourth-order valence-corrected chi connectivity index (χ4v) is 4.55. The highest BCUT2D eigenvalue weighted by Crippen LogP contribution is 2.29. The Labute approximate surface area is 176 Å². The summed E-state index contributed by atoms with van der Waals surface area (Å²) in [4.78, 5) is 6.90. The summed E-state index contributed by atoms with van der Waals surface area (Å²) in [5, 5.41) is 9.36. The predicted molar refractivity (Wildman–Crippen MR) is 121 cm³/mol. The summed E-state index contributed by atoms with van der Waals surface area (Å²) in [6, 6.07) is 12.4. The summed E-state index contributed by atoms with van der Waals surface area (Å²) < 4.78 is 10.5. The molecular weight excluding hydrogens is 376 g/mol. The first kappa shape index (κ1) is 19.0. The number of nitrogens with one attached hydrogen (secondary N) is 4. The molecule has 0 amide bonds. The fourth-order valence-electron chi connectivity index (χ4n) is 4.55. The van der Waals surface area contributed by atoms with Gasteiger partial charge in [-0.15, -0.1) is 0 Å². The van der Waals surface area contributed by atoms with Gasteiger partial charge in [-0.25, -0.2) is 0 Å². The third-order valence-electron chi connectivity index (χ3n) is 6.11. The van der Waals surface area contributed by atoms with Gasteiger partial charge < -0.3 is 30.1 Å². The lowest BCUT2D eigenvalue weighted by atomic mass is 10.0. The van der Waals surface area contributed by atoms with Gasteiger partial charge >= 0.3 is 0 Å². The largest absolute Gasteiger partial charge is 0.497 e. The zero-order valence-corrected chi connectivity index (χ0v) is 17.5. The molecule has 2 aromatic heterocycles. The van der Waals surface area contributed by atoms with E-state index < -0.39 is 0 Å². The Balaban J connectivity index is 0.000000128. The molecule has 6 nitrogen and oxygen atoms in total. The number of aromatic amines is 2. The van der Waals surface area contributed by atoms with E-state index in [9.17, 15) is 0 Å². The molecule has 2 aliphatic rings. The minimum absolute atomic E-state index is 0.933. The van der Waals surface area contributed by atoms with Crippen LogP contribution in [0.25, 0.3) is 21.8 Å². The molecule has 0 radical (unpaired) electrons. The molecule has 0 spiro atoms. The zero-order valence-electron chi connectivity index (χ0n) is 17.5. The fraction of sp³-hybridized carbons (Fsp3) is 0.333. The molecule has 2 aliphatic heterocycles. The number of ether oxygens (including phenoxy) is 2. The van der Waals surface area contributed by atoms with E-state index in [4.69, 9.17) is 9.47 Å². The van der Waals surface area contributed by atoms with Crippen LogP contribution in [0.5, 0.6) is 11.5 Å². The molecule has 0 aliphatic carbocycles. The van der Waals surface area contributed by atoms with Crippen LogP contribution in [0.15, 0.2) is 36.4 Å². The molecule has 156 valence electrons. The Morgan fingerprint density at radius 1 is 0.667 bits per heavy atom. The maximum absolute atomic E-state index is 5.25. The van der Waals surface area contributed by atoms with Crippen LogP contribution in [0.2, 0.25) is 0 Å². The second kappa shape index (κ2) is 8.05. The van der Waals surface area contributed by atoms with Crippen LogP contribution in [0.1, 0.15) is 22.5 Å². The molecule has 0 unspecified atom stereocenters. The standard InChI is InChI=1S/2C12H14N2O/c2*1-15-8-2-3-11-10(6-8)9-4-5-13-7-12(9)14-11/h2*2-3,6,13-14H,4-5,7H2,1H3. The van der Waals surface area contributed by atoms with Gasteiger partial charge in [0.2, 0.25) is 0 Å². The molecule has 0 bridgehead atoms. The van der Waals surface area contributed by atoms with Crippen molar-refractivity contribution in [1.29, 1.82) is 0 Å². The highest BCUT2D eigenvalue weighted by molar-refractivity contribution is 5.87. The van der Waals surface area contributed by atoms with Crippen LogP contribution in [-0.4, -0.2) is 37.3 Å². The van der Waals surface area contributed by atoms with Gasteiger partial charge in [0.05, 0.1) is 14.2 Å². The van der Waals surface area contributed by atoms with Crippen molar-refractivity contribution in [2.45, 2.75) is 25.9 Å². The molecule has 0 atom stereocenters. The molecule has 0 fully saturated rings. The first-order valence-corrected chi connectivity index (χ1v) is 10.5. The number of aromatic nitrogens is 2. The first-order chi connectivity index (χ1) is 14.8. The van der Waals surface area contributed by atoms with Gasteiger partial charge in [0, 0.05) is 46.3 Å². The van der Waals surface area contributed by atoms with Gasteiger partial charge in [-0.2, -0.15) is 0 Å². The van der Waals surface area contributed by atoms with E-state index in [2.05, 4.69) is 44.9 Å². The zero-order chi connectivity index (χ0) is 20.5. The summed E-state index contributed by atoms with van der Waals surface area (Å²) in [5.41, 5.74) is 7.97. The molecular formula is C24H28N4O2. The molecule has 4 heterocycles. The number of methoxy groups -OCH3 is 2. The van der Waals surface area contributed by atoms with Crippen LogP contribution in [0.4, 0.5) is 0 Å². The average Bonchev–Trinajstić information content (AvgIpc) is 3.36. The van der Waals surface area contributed by atoms with E-state index in [0.29, 0.717) is 0 Å². The van der Waals surface area contributed by atoms with Gasteiger partial charge in [-0.1, -0.05) is 0 Å². The summed E-state index contributed by atoms with van der Waals surface area (Å²) in [6.07, 6.45) is 2.20. The Kier molecular flexibility index (Phi) is 5.11. The highest BCUT2D eigenvalue weighted by atomic mass is 16.5. The van der Waals surface area contributed by atoms with Crippen LogP contribution >= 0.6 is 0 Å². The SMILES string of the molecule is COc1ccc2[nH]c3c(c2c1)CCNC3.COc1ccc2[nH]c3c(c2c1)CCNC3. The van der Waals surface area contributed by atoms with Gasteiger partial charge in [0.15, 0.2) is 0 Å². The van der Waals surface area contributed by atoms with E-state index in [1.165, 1.54) is 44.3 Å². The minimum Gasteiger partial charge on any atom is -0.497 e. The van der Waals surface area contributed by atoms with Gasteiger partial charge in [-0.05, 0) is 73.5 Å². The lowest BCUT2D eigenvalue weighted by Gasteiger charge is -2.12. The van der Waals surface area contributed by atoms with Crippen LogP contribution in [-0.2, 0) is 25.9 Å². The number of rotatable bonds is 2. The molecule has 2 aromatic carbocycles. The number of hydrogen-bond donors (Lipinski definition) is 4. The van der Waals surface area contributed by atoms with Crippen molar-refractivity contribution >= 4 is 21.8 Å². The van der Waals surface area contributed by atoms with Crippen LogP contribution < -0.4 is 20.1 Å². The number of H-pyrrole nitrogens is 2. The van der Waals surface area contributed by atoms with Gasteiger partial charge in [0.1, 0.15) is 11.5 Å². The van der Waals surface area contributed by atoms with Crippen molar-refractivity contribution in [2.24, 2.45) is 0 Å². The van der Waals surface area contributed by atoms with Crippen molar-refractivity contribution in [1.82, 2.24) is 20.6 Å². The first-order valence-electron chi connectivity index (χ1n) is 10.5. The van der Waals surface area contributed by atoms with E-state index >= 15 is 0 Å². The summed E-state index contributed by atoms with van der Waals surface area (Å²) in [6.45, 7) is 4.03. The van der Waals surface area contributed by atoms with Crippen LogP contribution in [0.3, 0.4) is 0 Å². The average molecular weight is 405 g/mol. The van der Waals surface area contributed by atoms with Crippen molar-refractivity contribution in [2.75, 3.05) is 27.3 Å². The monoisotopic (exact) mass is 404 g/mol. The van der Waals surface area contributed by atoms with Crippen molar-refractivity contribution < 1.29 is 9.47 Å². The maximum atomic E-state index is 5.25. The third-order valence-corrected chi connectivity index (χ3v) is 6.11. The highest BCUT2D eigenvalue weighted by Gasteiger charge is 2.16. The van der Waals surface area contributed by atoms with E-state index in [1.54, 1.807) is 14.2 Å². The maximum Gasteiger partial charge on any atom is 0.119 e. The normalized spacial score (nSPS) is 15.3. The van der Waals surface area contributed by atoms with E-state index in [1.807, 2.05) is 12.1 Å². The Bertz CT molecular complexity index is 1100. The smallest absolute Gasteiger partial charge is 0.119 e. The number of hydrogen-bond acceptors (Lipinski definition) is 4. The quantitative estimate of drug-likeness (QED) is 0.412. The molecule has 0 saturated carbocycles.